The van der Waals surface area contributed by atoms with Gasteiger partial charge in [0, 0.05) is 24.1 Å². The van der Waals surface area contributed by atoms with Gasteiger partial charge in [0.25, 0.3) is 5.91 Å². The maximum atomic E-state index is 13.3. The van der Waals surface area contributed by atoms with Crippen LogP contribution >= 0.6 is 0 Å². The topological polar surface area (TPSA) is 61.8 Å². The first-order valence-electron chi connectivity index (χ1n) is 12.4. The van der Waals surface area contributed by atoms with Crippen LogP contribution in [0.4, 0.5) is 5.69 Å². The van der Waals surface area contributed by atoms with Crippen molar-refractivity contribution in [3.05, 3.63) is 65.7 Å². The molecule has 0 spiro atoms. The molecule has 0 aliphatic carbocycles. The van der Waals surface area contributed by atoms with E-state index in [2.05, 4.69) is 19.2 Å². The van der Waals surface area contributed by atoms with Gasteiger partial charge in [-0.1, -0.05) is 101 Å². The number of nitrogens with one attached hydrogen (secondary N) is 1. The van der Waals surface area contributed by atoms with Gasteiger partial charge in [-0.2, -0.15) is 0 Å². The Bertz CT molecular complexity index is 955. The smallest absolute Gasteiger partial charge is 0.272 e. The number of nitrogens with zero attached hydrogens (tertiary/aromatic N) is 2. The highest BCUT2D eigenvalue weighted by molar-refractivity contribution is 6.20. The molecule has 1 aliphatic rings. The van der Waals surface area contributed by atoms with Crippen LogP contribution in [-0.2, 0) is 9.59 Å². The zero-order chi connectivity index (χ0) is 23.6. The van der Waals surface area contributed by atoms with Crippen molar-refractivity contribution in [3.8, 4) is 0 Å². The summed E-state index contributed by atoms with van der Waals surface area (Å²) in [7, 11) is 1.75. The van der Waals surface area contributed by atoms with Crippen LogP contribution in [0.5, 0.6) is 0 Å². The first kappa shape index (κ1) is 24.7. The summed E-state index contributed by atoms with van der Waals surface area (Å²) >= 11 is 0. The van der Waals surface area contributed by atoms with Gasteiger partial charge in [0.05, 0.1) is 11.4 Å². The number of hydrogen-bond donors (Lipinski definition) is 1. The van der Waals surface area contributed by atoms with Gasteiger partial charge in [-0.15, -0.1) is 0 Å². The fourth-order valence-electron chi connectivity index (χ4n) is 4.44. The summed E-state index contributed by atoms with van der Waals surface area (Å²) in [6.07, 6.45) is 7.54. The van der Waals surface area contributed by atoms with Crippen molar-refractivity contribution < 1.29 is 9.59 Å². The minimum absolute atomic E-state index is 0.0683. The van der Waals surface area contributed by atoms with Gasteiger partial charge in [-0.3, -0.25) is 9.59 Å². The van der Waals surface area contributed by atoms with E-state index < -0.39 is 6.17 Å². The van der Waals surface area contributed by atoms with Crippen LogP contribution in [0.25, 0.3) is 0 Å². The van der Waals surface area contributed by atoms with Gasteiger partial charge in [0.1, 0.15) is 0 Å². The molecule has 3 rings (SSSR count). The molecule has 1 unspecified atom stereocenters. The second-order valence-corrected chi connectivity index (χ2v) is 8.86. The quantitative estimate of drug-likeness (QED) is 0.448. The SMILES string of the molecule is CCCCCCCC(CCC)C(=O)N[C@@H]1N=C(c2ccccc2)c2ccccc2N(C)C1=O. The van der Waals surface area contributed by atoms with Gasteiger partial charge in [0.2, 0.25) is 12.1 Å². The van der Waals surface area contributed by atoms with E-state index in [1.165, 1.54) is 19.3 Å². The van der Waals surface area contributed by atoms with Crippen LogP contribution in [-0.4, -0.2) is 30.7 Å². The molecular weight excluding hydrogens is 410 g/mol. The molecule has 0 fully saturated rings. The summed E-state index contributed by atoms with van der Waals surface area (Å²) in [5.41, 5.74) is 3.33. The minimum Gasteiger partial charge on any atom is -0.326 e. The summed E-state index contributed by atoms with van der Waals surface area (Å²) in [5.74, 6) is -0.378. The van der Waals surface area contributed by atoms with E-state index in [-0.39, 0.29) is 17.7 Å². The molecule has 2 aromatic carbocycles. The number of carbonyl (C=O) groups is 2. The van der Waals surface area contributed by atoms with Crippen molar-refractivity contribution in [2.45, 2.75) is 71.4 Å². The van der Waals surface area contributed by atoms with Crippen molar-refractivity contribution >= 4 is 23.2 Å². The minimum atomic E-state index is -0.940. The fourth-order valence-corrected chi connectivity index (χ4v) is 4.44. The Labute approximate surface area is 198 Å². The molecule has 2 atom stereocenters. The average Bonchev–Trinajstić information content (AvgIpc) is 2.94. The highest BCUT2D eigenvalue weighted by Crippen LogP contribution is 2.27. The van der Waals surface area contributed by atoms with E-state index in [0.29, 0.717) is 0 Å². The molecule has 0 bridgehead atoms. The molecule has 0 saturated carbocycles. The van der Waals surface area contributed by atoms with E-state index in [9.17, 15) is 9.59 Å². The van der Waals surface area contributed by atoms with Gasteiger partial charge in [-0.05, 0) is 18.9 Å². The molecule has 2 amide bonds. The van der Waals surface area contributed by atoms with Gasteiger partial charge in [0.15, 0.2) is 0 Å². The van der Waals surface area contributed by atoms with E-state index >= 15 is 0 Å². The number of rotatable bonds is 11. The van der Waals surface area contributed by atoms with Crippen molar-refractivity contribution in [2.24, 2.45) is 10.9 Å². The third kappa shape index (κ3) is 6.31. The highest BCUT2D eigenvalue weighted by Gasteiger charge is 2.32. The molecule has 176 valence electrons. The van der Waals surface area contributed by atoms with Crippen molar-refractivity contribution in [3.63, 3.8) is 0 Å². The van der Waals surface area contributed by atoms with E-state index in [1.807, 2.05) is 54.6 Å². The predicted molar refractivity (Wildman–Crippen MR) is 136 cm³/mol. The Morgan fingerprint density at radius 2 is 1.64 bits per heavy atom. The number of unbranched alkanes of at least 4 members (excludes halogenated alkanes) is 4. The van der Waals surface area contributed by atoms with E-state index in [1.54, 1.807) is 11.9 Å². The number of aliphatic imine (C=N–C) groups is 1. The zero-order valence-corrected chi connectivity index (χ0v) is 20.2. The Kier molecular flexibility index (Phi) is 9.23. The third-order valence-electron chi connectivity index (χ3n) is 6.33. The summed E-state index contributed by atoms with van der Waals surface area (Å²) in [6, 6.07) is 17.6. The third-order valence-corrected chi connectivity index (χ3v) is 6.33. The lowest BCUT2D eigenvalue weighted by atomic mass is 9.95. The zero-order valence-electron chi connectivity index (χ0n) is 20.2. The Balaban J connectivity index is 1.85. The lowest BCUT2D eigenvalue weighted by Gasteiger charge is -2.23. The summed E-state index contributed by atoms with van der Waals surface area (Å²) in [6.45, 7) is 4.31. The number of amides is 2. The molecular formula is C28H37N3O2. The van der Waals surface area contributed by atoms with E-state index in [0.717, 1.165) is 54.6 Å². The number of benzene rings is 2. The van der Waals surface area contributed by atoms with Crippen LogP contribution in [0.15, 0.2) is 59.6 Å². The number of anilines is 1. The molecule has 0 aromatic heterocycles. The lowest BCUT2D eigenvalue weighted by Crippen LogP contribution is -2.47. The number of benzodiazepines with no additional fused rings is 1. The van der Waals surface area contributed by atoms with Gasteiger partial charge in [-0.25, -0.2) is 4.99 Å². The molecule has 2 aromatic rings. The summed E-state index contributed by atoms with van der Waals surface area (Å²) in [4.78, 5) is 33.0. The van der Waals surface area contributed by atoms with Crippen molar-refractivity contribution in [1.82, 2.24) is 5.32 Å². The number of likely N-dealkylation sites (N-methyl/N-ethyl adjacent to an activating group) is 1. The molecule has 1 N–H and O–H groups in total. The average molecular weight is 448 g/mol. The molecule has 5 heteroatoms. The van der Waals surface area contributed by atoms with Crippen LogP contribution in [0.3, 0.4) is 0 Å². The predicted octanol–water partition coefficient (Wildman–Crippen LogP) is 5.72. The summed E-state index contributed by atoms with van der Waals surface area (Å²) < 4.78 is 0. The Hall–Kier alpha value is -2.95. The normalized spacial score (nSPS) is 16.6. The number of fused-ring (bicyclic) bond motifs is 1. The second-order valence-electron chi connectivity index (χ2n) is 8.86. The largest absolute Gasteiger partial charge is 0.326 e. The van der Waals surface area contributed by atoms with E-state index in [4.69, 9.17) is 4.99 Å². The first-order chi connectivity index (χ1) is 16.1. The molecule has 0 saturated heterocycles. The maximum Gasteiger partial charge on any atom is 0.272 e. The number of carbonyl (C=O) groups excluding carboxylic acids is 2. The molecule has 0 radical (unpaired) electrons. The van der Waals surface area contributed by atoms with Crippen LogP contribution < -0.4 is 10.2 Å². The second kappa shape index (κ2) is 12.3. The molecule has 5 nitrogen and oxygen atoms in total. The van der Waals surface area contributed by atoms with Crippen molar-refractivity contribution in [1.29, 1.82) is 0 Å². The Morgan fingerprint density at radius 1 is 0.939 bits per heavy atom. The number of para-hydroxylation sites is 1. The molecule has 1 heterocycles. The van der Waals surface area contributed by atoms with Crippen molar-refractivity contribution in [2.75, 3.05) is 11.9 Å². The summed E-state index contributed by atoms with van der Waals surface area (Å²) in [5, 5.41) is 2.99. The van der Waals surface area contributed by atoms with Gasteiger partial charge >= 0.3 is 0 Å². The highest BCUT2D eigenvalue weighted by atomic mass is 16.2. The van der Waals surface area contributed by atoms with Crippen LogP contribution in [0.2, 0.25) is 0 Å². The van der Waals surface area contributed by atoms with Crippen LogP contribution in [0.1, 0.15) is 76.3 Å². The standard InChI is InChI=1S/C28H37N3O2/c1-4-6-7-8-10-18-22(15-5-2)27(32)30-26-28(33)31(3)24-20-14-13-19-23(24)25(29-26)21-16-11-9-12-17-21/h9,11-14,16-17,19-20,22,26H,4-8,10,15,18H2,1-3H3,(H,30,32)/t22?,26-/m0/s1. The fraction of sp³-hybridized carbons (Fsp3) is 0.464. The lowest BCUT2D eigenvalue weighted by molar-refractivity contribution is -0.130. The van der Waals surface area contributed by atoms with Crippen LogP contribution in [0, 0.1) is 5.92 Å². The number of hydrogen-bond acceptors (Lipinski definition) is 3. The Morgan fingerprint density at radius 3 is 2.36 bits per heavy atom. The maximum absolute atomic E-state index is 13.3. The first-order valence-corrected chi connectivity index (χ1v) is 12.4. The molecule has 33 heavy (non-hydrogen) atoms. The molecule has 1 aliphatic heterocycles. The monoisotopic (exact) mass is 447 g/mol. The van der Waals surface area contributed by atoms with Gasteiger partial charge < -0.3 is 10.2 Å².